The number of carbonyl (C=O) groups excluding carboxylic acids is 2. The van der Waals surface area contributed by atoms with Crippen molar-refractivity contribution in [3.63, 3.8) is 0 Å². The van der Waals surface area contributed by atoms with Gasteiger partial charge in [-0.1, -0.05) is 26.0 Å². The van der Waals surface area contributed by atoms with Crippen LogP contribution in [0.5, 0.6) is 0 Å². The number of nitrogens with one attached hydrogen (secondary N) is 1. The van der Waals surface area contributed by atoms with Crippen LogP contribution < -0.4 is 5.32 Å². The minimum absolute atomic E-state index is 0.0553. The fraction of sp³-hybridized carbons (Fsp3) is 0.619. The van der Waals surface area contributed by atoms with Gasteiger partial charge in [-0.25, -0.2) is 4.39 Å². The van der Waals surface area contributed by atoms with Crippen LogP contribution in [0.1, 0.15) is 52.5 Å². The number of aliphatic hydroxyl groups is 1. The van der Waals surface area contributed by atoms with Crippen LogP contribution in [0.3, 0.4) is 0 Å². The Morgan fingerprint density at radius 2 is 1.89 bits per heavy atom. The maximum Gasteiger partial charge on any atom is 0.249 e. The van der Waals surface area contributed by atoms with E-state index in [1.807, 2.05) is 13.8 Å². The monoisotopic (exact) mass is 395 g/mol. The van der Waals surface area contributed by atoms with Crippen LogP contribution in [-0.4, -0.2) is 41.4 Å². The molecule has 0 aromatic heterocycles. The van der Waals surface area contributed by atoms with Gasteiger partial charge in [-0.2, -0.15) is 0 Å². The van der Waals surface area contributed by atoms with Gasteiger partial charge in [0.05, 0.1) is 6.61 Å². The number of rotatable bonds is 8. The molecule has 1 aliphatic rings. The molecule has 7 heteroatoms. The van der Waals surface area contributed by atoms with Crippen LogP contribution in [0, 0.1) is 11.2 Å². The summed E-state index contributed by atoms with van der Waals surface area (Å²) in [5, 5.41) is 12.6. The van der Waals surface area contributed by atoms with Gasteiger partial charge in [0, 0.05) is 18.4 Å². The first-order chi connectivity index (χ1) is 13.0. The van der Waals surface area contributed by atoms with Crippen molar-refractivity contribution in [2.75, 3.05) is 6.61 Å². The molecule has 1 saturated heterocycles. The molecular weight excluding hydrogens is 365 g/mol. The van der Waals surface area contributed by atoms with Gasteiger partial charge in [0.25, 0.3) is 0 Å². The van der Waals surface area contributed by atoms with Gasteiger partial charge in [0.15, 0.2) is 11.6 Å². The van der Waals surface area contributed by atoms with Crippen LogP contribution in [-0.2, 0) is 25.6 Å². The average Bonchev–Trinajstić information content (AvgIpc) is 2.63. The lowest BCUT2D eigenvalue weighted by Gasteiger charge is -2.45. The summed E-state index contributed by atoms with van der Waals surface area (Å²) in [4.78, 5) is 24.6. The molecular formula is C21H30FNO5. The molecule has 0 bridgehead atoms. The fourth-order valence-corrected chi connectivity index (χ4v) is 3.06. The van der Waals surface area contributed by atoms with E-state index in [2.05, 4.69) is 5.32 Å². The van der Waals surface area contributed by atoms with E-state index in [-0.39, 0.29) is 31.0 Å². The first kappa shape index (κ1) is 22.5. The summed E-state index contributed by atoms with van der Waals surface area (Å²) in [6.45, 7) is 8.01. The number of benzene rings is 1. The van der Waals surface area contributed by atoms with Gasteiger partial charge >= 0.3 is 0 Å². The van der Waals surface area contributed by atoms with E-state index in [4.69, 9.17) is 9.47 Å². The highest BCUT2D eigenvalue weighted by atomic mass is 19.1. The number of ether oxygens (including phenoxy) is 2. The van der Waals surface area contributed by atoms with Crippen molar-refractivity contribution < 1.29 is 28.6 Å². The number of halogens is 1. The second kappa shape index (κ2) is 9.11. The second-order valence-corrected chi connectivity index (χ2v) is 8.39. The van der Waals surface area contributed by atoms with E-state index in [1.165, 1.54) is 12.1 Å². The van der Waals surface area contributed by atoms with Crippen molar-refractivity contribution in [1.29, 1.82) is 0 Å². The summed E-state index contributed by atoms with van der Waals surface area (Å²) in [5.41, 5.74) is 0.302. The lowest BCUT2D eigenvalue weighted by Crippen LogP contribution is -2.53. The van der Waals surface area contributed by atoms with Gasteiger partial charge in [-0.05, 0) is 44.4 Å². The van der Waals surface area contributed by atoms with Crippen LogP contribution in [0.4, 0.5) is 4.39 Å². The maximum absolute atomic E-state index is 12.9. The molecule has 28 heavy (non-hydrogen) atoms. The number of aliphatic hydroxyl groups excluding tert-OH is 1. The molecule has 1 heterocycles. The van der Waals surface area contributed by atoms with Crippen LogP contribution in [0.2, 0.25) is 0 Å². The van der Waals surface area contributed by atoms with Gasteiger partial charge in [-0.3, -0.25) is 9.59 Å². The number of carbonyl (C=O) groups is 2. The SMILES string of the molecule is CC1(C)OCC(C)(C)[C@H](C(=O)CCCC(O)C(=O)NCc2ccc(F)cc2)O1. The Bertz CT molecular complexity index is 687. The third kappa shape index (κ3) is 6.36. The van der Waals surface area contributed by atoms with E-state index < -0.39 is 29.3 Å². The third-order valence-corrected chi connectivity index (χ3v) is 4.78. The van der Waals surface area contributed by atoms with Crippen molar-refractivity contribution >= 4 is 11.7 Å². The topological polar surface area (TPSA) is 84.9 Å². The van der Waals surface area contributed by atoms with Crippen molar-refractivity contribution in [3.05, 3.63) is 35.6 Å². The molecule has 1 aromatic carbocycles. The standard InChI is InChI=1S/C21H30FNO5/c1-20(2)13-27-21(3,4)28-18(20)16(24)6-5-7-17(25)19(26)23-12-14-8-10-15(22)11-9-14/h8-11,17-18,25H,5-7,12-13H2,1-4H3,(H,23,26)/t17?,18-/m0/s1. The number of amides is 1. The lowest BCUT2D eigenvalue weighted by molar-refractivity contribution is -0.303. The molecule has 6 nitrogen and oxygen atoms in total. The van der Waals surface area contributed by atoms with Gasteiger partial charge in [0.1, 0.15) is 18.0 Å². The van der Waals surface area contributed by atoms with Crippen LogP contribution >= 0.6 is 0 Å². The Hall–Kier alpha value is -1.83. The Labute approximate surface area is 165 Å². The first-order valence-corrected chi connectivity index (χ1v) is 9.55. The summed E-state index contributed by atoms with van der Waals surface area (Å²) in [6, 6.07) is 5.75. The van der Waals surface area contributed by atoms with Crippen LogP contribution in [0.15, 0.2) is 24.3 Å². The molecule has 1 amide bonds. The molecule has 2 N–H and O–H groups in total. The van der Waals surface area contributed by atoms with Gasteiger partial charge in [-0.15, -0.1) is 0 Å². The number of ketones is 1. The summed E-state index contributed by atoms with van der Waals surface area (Å²) in [6.07, 6.45) is -1.02. The third-order valence-electron chi connectivity index (χ3n) is 4.78. The number of hydrogen-bond donors (Lipinski definition) is 2. The fourth-order valence-electron chi connectivity index (χ4n) is 3.06. The normalized spacial score (nSPS) is 21.7. The van der Waals surface area contributed by atoms with Crippen molar-refractivity contribution in [1.82, 2.24) is 5.32 Å². The van der Waals surface area contributed by atoms with Crippen molar-refractivity contribution in [2.45, 2.75) is 71.5 Å². The van der Waals surface area contributed by atoms with Gasteiger partial charge in [0.2, 0.25) is 5.91 Å². The predicted molar refractivity (Wildman–Crippen MR) is 102 cm³/mol. The Balaban J connectivity index is 1.75. The Morgan fingerprint density at radius 1 is 1.25 bits per heavy atom. The molecule has 2 atom stereocenters. The van der Waals surface area contributed by atoms with E-state index >= 15 is 0 Å². The van der Waals surface area contributed by atoms with E-state index in [9.17, 15) is 19.1 Å². The summed E-state index contributed by atoms with van der Waals surface area (Å²) in [7, 11) is 0. The highest BCUT2D eigenvalue weighted by Crippen LogP contribution is 2.35. The highest BCUT2D eigenvalue weighted by Gasteiger charge is 2.45. The summed E-state index contributed by atoms with van der Waals surface area (Å²) in [5.74, 6) is -1.73. The van der Waals surface area contributed by atoms with E-state index in [1.54, 1.807) is 26.0 Å². The van der Waals surface area contributed by atoms with Crippen molar-refractivity contribution in [2.24, 2.45) is 5.41 Å². The lowest BCUT2D eigenvalue weighted by atomic mass is 9.82. The molecule has 156 valence electrons. The average molecular weight is 395 g/mol. The predicted octanol–water partition coefficient (Wildman–Crippen LogP) is 2.72. The zero-order chi connectivity index (χ0) is 20.9. The van der Waals surface area contributed by atoms with Crippen molar-refractivity contribution in [3.8, 4) is 0 Å². The minimum Gasteiger partial charge on any atom is -0.383 e. The Kier molecular flexibility index (Phi) is 7.31. The quantitative estimate of drug-likeness (QED) is 0.707. The molecule has 0 saturated carbocycles. The molecule has 1 fully saturated rings. The molecule has 1 unspecified atom stereocenters. The molecule has 2 rings (SSSR count). The molecule has 1 aromatic rings. The van der Waals surface area contributed by atoms with Crippen LogP contribution in [0.25, 0.3) is 0 Å². The van der Waals surface area contributed by atoms with Gasteiger partial charge < -0.3 is 19.9 Å². The van der Waals surface area contributed by atoms with E-state index in [0.29, 0.717) is 13.0 Å². The summed E-state index contributed by atoms with van der Waals surface area (Å²) < 4.78 is 24.3. The molecule has 0 spiro atoms. The summed E-state index contributed by atoms with van der Waals surface area (Å²) >= 11 is 0. The second-order valence-electron chi connectivity index (χ2n) is 8.39. The minimum atomic E-state index is -1.20. The first-order valence-electron chi connectivity index (χ1n) is 9.55. The largest absolute Gasteiger partial charge is 0.383 e. The Morgan fingerprint density at radius 3 is 2.54 bits per heavy atom. The highest BCUT2D eigenvalue weighted by molar-refractivity contribution is 5.84. The zero-order valence-electron chi connectivity index (χ0n) is 17.0. The molecule has 1 aliphatic heterocycles. The number of Topliss-reactive ketones (excluding diaryl/α,β-unsaturated/α-hetero) is 1. The molecule has 0 aliphatic carbocycles. The molecule has 0 radical (unpaired) electrons. The smallest absolute Gasteiger partial charge is 0.249 e. The zero-order valence-corrected chi connectivity index (χ0v) is 17.0. The number of hydrogen-bond acceptors (Lipinski definition) is 5. The maximum atomic E-state index is 12.9. The van der Waals surface area contributed by atoms with E-state index in [0.717, 1.165) is 5.56 Å².